The number of alkyl halides is 15. The minimum absolute atomic E-state index is 0.695. The Labute approximate surface area is 248 Å². The molecule has 0 saturated heterocycles. The second-order valence-corrected chi connectivity index (χ2v) is 9.70. The van der Waals surface area contributed by atoms with E-state index in [0.29, 0.717) is 0 Å². The lowest BCUT2D eigenvalue weighted by molar-refractivity contribution is -0.449. The second kappa shape index (κ2) is 14.5. The minimum Gasteiger partial charge on any atom is -0.480 e. The van der Waals surface area contributed by atoms with Gasteiger partial charge in [-0.3, -0.25) is 24.0 Å². The first-order valence-corrected chi connectivity index (χ1v) is 12.3. The molecule has 2 atom stereocenters. The smallest absolute Gasteiger partial charge is 0.460 e. The third-order valence-electron chi connectivity index (χ3n) is 5.33. The molecule has 0 saturated carbocycles. The van der Waals surface area contributed by atoms with Crippen LogP contribution in [-0.2, 0) is 24.0 Å². The topological polar surface area (TPSA) is 176 Å². The Hall–Kier alpha value is -3.45. The van der Waals surface area contributed by atoms with E-state index in [9.17, 15) is 89.8 Å². The number of amides is 2. The maximum absolute atomic E-state index is 14.6. The van der Waals surface area contributed by atoms with Crippen molar-refractivity contribution in [2.24, 2.45) is 5.73 Å². The van der Waals surface area contributed by atoms with Crippen LogP contribution in [0.5, 0.6) is 0 Å². The normalized spacial score (nSPS) is 15.5. The van der Waals surface area contributed by atoms with Gasteiger partial charge in [-0.15, -0.1) is 11.8 Å². The van der Waals surface area contributed by atoms with Gasteiger partial charge < -0.3 is 26.6 Å². The number of aliphatic carboxylic acids is 2. The molecular weight excluding hydrogens is 711 g/mol. The molecule has 10 nitrogen and oxygen atoms in total. The molecule has 0 radical (unpaired) electrons. The first-order valence-electron chi connectivity index (χ1n) is 11.3. The second-order valence-electron chi connectivity index (χ2n) is 8.64. The van der Waals surface area contributed by atoms with Crippen molar-refractivity contribution in [1.82, 2.24) is 10.6 Å². The van der Waals surface area contributed by atoms with E-state index in [4.69, 9.17) is 15.9 Å². The lowest BCUT2D eigenvalue weighted by Crippen LogP contribution is -2.72. The molecule has 0 heterocycles. The molecule has 46 heavy (non-hydrogen) atoms. The number of halogens is 15. The summed E-state index contributed by atoms with van der Waals surface area (Å²) in [6.07, 6.45) is -11.2. The van der Waals surface area contributed by atoms with Gasteiger partial charge in [0.2, 0.25) is 11.8 Å². The summed E-state index contributed by atoms with van der Waals surface area (Å²) in [6.45, 7) is -1.30. The first kappa shape index (κ1) is 42.6. The van der Waals surface area contributed by atoms with E-state index in [-0.39, 0.29) is 0 Å². The predicted octanol–water partition coefficient (Wildman–Crippen LogP) is 3.05. The highest BCUT2D eigenvalue weighted by Crippen LogP contribution is 2.63. The van der Waals surface area contributed by atoms with Crippen molar-refractivity contribution >= 4 is 41.8 Å². The van der Waals surface area contributed by atoms with Crippen LogP contribution < -0.4 is 16.4 Å². The Balaban J connectivity index is 6.60. The Morgan fingerprint density at radius 3 is 1.63 bits per heavy atom. The maximum Gasteiger partial charge on any atom is 0.460 e. The Morgan fingerprint density at radius 1 is 0.761 bits per heavy atom. The largest absolute Gasteiger partial charge is 0.480 e. The van der Waals surface area contributed by atoms with Crippen molar-refractivity contribution in [1.29, 1.82) is 0 Å². The molecule has 0 aromatic carbocycles. The fourth-order valence-corrected chi connectivity index (χ4v) is 3.79. The quantitative estimate of drug-likeness (QED) is 0.0807. The highest BCUT2D eigenvalue weighted by molar-refractivity contribution is 8.03. The molecular formula is C20H18F15N3O7S. The predicted molar refractivity (Wildman–Crippen MR) is 120 cm³/mol. The number of nitrogens with two attached hydrogens (primary N) is 1. The number of nitrogens with one attached hydrogen (secondary N) is 2. The van der Waals surface area contributed by atoms with Gasteiger partial charge in [-0.25, -0.2) is 0 Å². The summed E-state index contributed by atoms with van der Waals surface area (Å²) in [4.78, 5) is 53.5. The number of hydrogen-bond donors (Lipinski definition) is 5. The van der Waals surface area contributed by atoms with Gasteiger partial charge in [0.05, 0.1) is 4.91 Å². The number of carboxylic acids is 2. The van der Waals surface area contributed by atoms with Gasteiger partial charge in [0, 0.05) is 12.2 Å². The van der Waals surface area contributed by atoms with Crippen LogP contribution in [0.4, 0.5) is 65.9 Å². The number of carbonyl (C=O) groups excluding carboxylic acids is 3. The summed E-state index contributed by atoms with van der Waals surface area (Å²) in [5.74, 6) is -57.1. The Morgan fingerprint density at radius 2 is 1.22 bits per heavy atom. The average molecular weight is 729 g/mol. The molecule has 6 N–H and O–H groups in total. The molecule has 0 aliphatic carbocycles. The minimum atomic E-state index is -8.60. The van der Waals surface area contributed by atoms with Gasteiger partial charge in [-0.1, -0.05) is 0 Å². The highest BCUT2D eigenvalue weighted by Gasteiger charge is 2.93. The molecule has 26 heteroatoms. The number of hydrogen-bond acceptors (Lipinski definition) is 7. The van der Waals surface area contributed by atoms with Crippen molar-refractivity contribution in [3.8, 4) is 0 Å². The average Bonchev–Trinajstić information content (AvgIpc) is 2.90. The zero-order valence-corrected chi connectivity index (χ0v) is 22.5. The van der Waals surface area contributed by atoms with Crippen LogP contribution in [0.1, 0.15) is 12.8 Å². The summed E-state index contributed by atoms with van der Waals surface area (Å²) in [7, 11) is 0. The van der Waals surface area contributed by atoms with Crippen LogP contribution in [-0.4, -0.2) is 106 Å². The SMILES string of the molecule is NC(CCC(=O)NC(CS/C(=C\C=O)C(F)(F)C(F)(F)C(F)(F)C(F)(F)C(F)(F)C(F)(F)C(F)(F)F)C(=O)NCC(=O)O)C(=O)O. The van der Waals surface area contributed by atoms with Crippen molar-refractivity contribution < 1.29 is 100 Å². The van der Waals surface area contributed by atoms with Gasteiger partial charge in [0.1, 0.15) is 24.9 Å². The number of thioether (sulfide) groups is 1. The molecule has 0 bridgehead atoms. The fourth-order valence-electron chi connectivity index (χ4n) is 2.75. The lowest BCUT2D eigenvalue weighted by atomic mass is 9.91. The zero-order chi connectivity index (χ0) is 36.9. The first-order chi connectivity index (χ1) is 20.4. The van der Waals surface area contributed by atoms with Crippen LogP contribution in [0.3, 0.4) is 0 Å². The van der Waals surface area contributed by atoms with Crippen molar-refractivity contribution in [2.45, 2.75) is 66.6 Å². The molecule has 0 aliphatic heterocycles. The van der Waals surface area contributed by atoms with E-state index >= 15 is 0 Å². The maximum atomic E-state index is 14.6. The highest BCUT2D eigenvalue weighted by atomic mass is 32.2. The Kier molecular flexibility index (Phi) is 13.4. The van der Waals surface area contributed by atoms with Gasteiger partial charge in [0.25, 0.3) is 0 Å². The number of allylic oxidation sites excluding steroid dienone is 2. The van der Waals surface area contributed by atoms with Crippen molar-refractivity contribution in [2.75, 3.05) is 12.3 Å². The molecule has 0 aromatic rings. The fraction of sp³-hybridized carbons (Fsp3) is 0.650. The summed E-state index contributed by atoms with van der Waals surface area (Å²) >= 11 is -1.07. The number of carboxylic acid groups (broad SMARTS) is 2. The lowest BCUT2D eigenvalue weighted by Gasteiger charge is -2.41. The standard InChI is InChI=1S/C20H18F15N3O7S/c21-14(22,15(23,24)16(25,26)17(27,28)18(29,30)19(31,32)20(33,34)35)9(3-4-39)46-6-8(12(43)37-5-11(41)42)38-10(40)2-1-7(36)13(44)45/h3-4,7-8H,1-2,5-6,36H2,(H,37,43)(H,38,40)(H,41,42)(H,44,45)/b9-3-. The van der Waals surface area contributed by atoms with Gasteiger partial charge >= 0.3 is 53.7 Å². The summed E-state index contributed by atoms with van der Waals surface area (Å²) in [5, 5.41) is 20.4. The van der Waals surface area contributed by atoms with E-state index in [2.05, 4.69) is 0 Å². The van der Waals surface area contributed by atoms with E-state index in [1.807, 2.05) is 0 Å². The van der Waals surface area contributed by atoms with Crippen LogP contribution in [0, 0.1) is 0 Å². The number of rotatable bonds is 18. The van der Waals surface area contributed by atoms with E-state index in [1.165, 1.54) is 5.32 Å². The van der Waals surface area contributed by atoms with Gasteiger partial charge in [-0.2, -0.15) is 65.9 Å². The van der Waals surface area contributed by atoms with Crippen molar-refractivity contribution in [3.05, 3.63) is 11.0 Å². The molecule has 0 fully saturated rings. The molecule has 0 rings (SSSR count). The summed E-state index contributed by atoms with van der Waals surface area (Å²) in [6, 6.07) is -4.13. The number of aldehydes is 1. The van der Waals surface area contributed by atoms with E-state index < -0.39 is 132 Å². The molecule has 0 aromatic heterocycles. The van der Waals surface area contributed by atoms with Gasteiger partial charge in [0.15, 0.2) is 0 Å². The monoisotopic (exact) mass is 729 g/mol. The van der Waals surface area contributed by atoms with Crippen LogP contribution in [0.2, 0.25) is 0 Å². The van der Waals surface area contributed by atoms with Crippen LogP contribution in [0.25, 0.3) is 0 Å². The summed E-state index contributed by atoms with van der Waals surface area (Å²) in [5.41, 5.74) is 5.11. The molecule has 0 aliphatic rings. The molecule has 2 unspecified atom stereocenters. The molecule has 266 valence electrons. The van der Waals surface area contributed by atoms with E-state index in [1.54, 1.807) is 5.32 Å². The third kappa shape index (κ3) is 8.47. The Bertz CT molecular complexity index is 1200. The third-order valence-corrected chi connectivity index (χ3v) is 6.53. The molecule has 2 amide bonds. The zero-order valence-electron chi connectivity index (χ0n) is 21.7. The van der Waals surface area contributed by atoms with Crippen LogP contribution >= 0.6 is 11.8 Å². The van der Waals surface area contributed by atoms with Crippen molar-refractivity contribution in [3.63, 3.8) is 0 Å². The molecule has 0 spiro atoms. The number of carbonyl (C=O) groups is 5. The van der Waals surface area contributed by atoms with Gasteiger partial charge in [-0.05, 0) is 12.5 Å². The van der Waals surface area contributed by atoms with Crippen LogP contribution in [0.15, 0.2) is 11.0 Å². The summed E-state index contributed by atoms with van der Waals surface area (Å²) < 4.78 is 203. The van der Waals surface area contributed by atoms with E-state index in [0.717, 1.165) is 0 Å².